The first-order valence-corrected chi connectivity index (χ1v) is 11.8. The van der Waals surface area contributed by atoms with Gasteiger partial charge < -0.3 is 10.2 Å². The normalized spacial score (nSPS) is 11.9. The van der Waals surface area contributed by atoms with Crippen molar-refractivity contribution in [2.75, 3.05) is 5.75 Å². The lowest BCUT2D eigenvalue weighted by molar-refractivity contribution is -0.138. The third kappa shape index (κ3) is 8.03. The number of carbonyl (C=O) groups excluding carboxylic acids is 2. The summed E-state index contributed by atoms with van der Waals surface area (Å²) in [6.45, 7) is 5.98. The summed E-state index contributed by atoms with van der Waals surface area (Å²) in [5.74, 6) is 0.803. The molecule has 0 saturated carbocycles. The maximum Gasteiger partial charge on any atom is 0.242 e. The molecule has 2 aromatic rings. The molecule has 29 heavy (non-hydrogen) atoms. The number of halogens is 2. The van der Waals surface area contributed by atoms with E-state index in [1.165, 1.54) is 11.8 Å². The smallest absolute Gasteiger partial charge is 0.242 e. The summed E-state index contributed by atoms with van der Waals surface area (Å²) in [5, 5.41) is 3.60. The Kier molecular flexibility index (Phi) is 9.53. The van der Waals surface area contributed by atoms with Crippen LogP contribution in [0.25, 0.3) is 0 Å². The molecule has 7 heteroatoms. The molecular formula is C22H26BrClN2O2S. The van der Waals surface area contributed by atoms with Gasteiger partial charge in [-0.1, -0.05) is 51.8 Å². The fourth-order valence-corrected chi connectivity index (χ4v) is 4.18. The number of nitrogens with zero attached hydrogens (tertiary/aromatic N) is 1. The van der Waals surface area contributed by atoms with E-state index in [0.29, 0.717) is 23.1 Å². The van der Waals surface area contributed by atoms with Crippen molar-refractivity contribution in [1.29, 1.82) is 0 Å². The summed E-state index contributed by atoms with van der Waals surface area (Å²) in [4.78, 5) is 27.2. The molecular weight excluding hydrogens is 472 g/mol. The molecule has 2 aromatic carbocycles. The highest BCUT2D eigenvalue weighted by Gasteiger charge is 2.26. The van der Waals surface area contributed by atoms with Gasteiger partial charge in [-0.05, 0) is 56.2 Å². The largest absolute Gasteiger partial charge is 0.352 e. The van der Waals surface area contributed by atoms with E-state index >= 15 is 0 Å². The summed E-state index contributed by atoms with van der Waals surface area (Å²) in [6, 6.07) is 14.9. The summed E-state index contributed by atoms with van der Waals surface area (Å²) in [7, 11) is 0. The minimum absolute atomic E-state index is 0.0204. The van der Waals surface area contributed by atoms with Crippen LogP contribution in [0.5, 0.6) is 0 Å². The second-order valence-electron chi connectivity index (χ2n) is 7.11. The van der Waals surface area contributed by atoms with Crippen LogP contribution in [0.1, 0.15) is 31.9 Å². The van der Waals surface area contributed by atoms with Crippen LogP contribution in [0.15, 0.2) is 53.0 Å². The van der Waals surface area contributed by atoms with Crippen LogP contribution in [-0.4, -0.2) is 34.6 Å². The molecule has 2 amide bonds. The molecule has 0 bridgehead atoms. The van der Waals surface area contributed by atoms with E-state index in [-0.39, 0.29) is 17.9 Å². The molecule has 2 rings (SSSR count). The molecule has 156 valence electrons. The minimum Gasteiger partial charge on any atom is -0.352 e. The standard InChI is InChI=1S/C22H26BrClN2O2S/c1-15(2)25-22(28)16(3)26(12-18-5-4-6-19(23)11-18)21(27)14-29-13-17-7-9-20(24)10-8-17/h4-11,15-16H,12-14H2,1-3H3,(H,25,28)/t16-/m0/s1. The number of benzene rings is 2. The van der Waals surface area contributed by atoms with Crippen molar-refractivity contribution >= 4 is 51.1 Å². The second-order valence-corrected chi connectivity index (χ2v) is 9.45. The molecule has 0 radical (unpaired) electrons. The van der Waals surface area contributed by atoms with E-state index in [1.54, 1.807) is 11.8 Å². The highest BCUT2D eigenvalue weighted by Crippen LogP contribution is 2.19. The fourth-order valence-electron chi connectivity index (χ4n) is 2.74. The molecule has 0 aliphatic heterocycles. The Morgan fingerprint density at radius 2 is 1.79 bits per heavy atom. The molecule has 0 aliphatic rings. The monoisotopic (exact) mass is 496 g/mol. The number of rotatable bonds is 9. The van der Waals surface area contributed by atoms with Crippen LogP contribution in [0.3, 0.4) is 0 Å². The van der Waals surface area contributed by atoms with Crippen LogP contribution in [-0.2, 0) is 21.9 Å². The first-order valence-electron chi connectivity index (χ1n) is 9.42. The van der Waals surface area contributed by atoms with Crippen molar-refractivity contribution in [2.45, 2.75) is 45.2 Å². The van der Waals surface area contributed by atoms with Crippen LogP contribution in [0.2, 0.25) is 5.02 Å². The fraction of sp³-hybridized carbons (Fsp3) is 0.364. The molecule has 0 saturated heterocycles. The first kappa shape index (κ1) is 23.8. The van der Waals surface area contributed by atoms with Crippen molar-refractivity contribution in [3.05, 3.63) is 69.2 Å². The Bertz CT molecular complexity index is 830. The zero-order chi connectivity index (χ0) is 21.4. The number of thioether (sulfide) groups is 1. The Hall–Kier alpha value is -1.50. The van der Waals surface area contributed by atoms with Gasteiger partial charge in [-0.2, -0.15) is 0 Å². The van der Waals surface area contributed by atoms with E-state index in [1.807, 2.05) is 62.4 Å². The zero-order valence-electron chi connectivity index (χ0n) is 16.8. The lowest BCUT2D eigenvalue weighted by Gasteiger charge is -2.29. The van der Waals surface area contributed by atoms with Gasteiger partial charge in [-0.25, -0.2) is 0 Å². The van der Waals surface area contributed by atoms with E-state index in [4.69, 9.17) is 11.6 Å². The third-order valence-corrected chi connectivity index (χ3v) is 5.98. The number of hydrogen-bond donors (Lipinski definition) is 1. The van der Waals surface area contributed by atoms with Crippen LogP contribution < -0.4 is 5.32 Å². The topological polar surface area (TPSA) is 49.4 Å². The molecule has 0 spiro atoms. The van der Waals surface area contributed by atoms with Gasteiger partial charge in [0.2, 0.25) is 11.8 Å². The van der Waals surface area contributed by atoms with Gasteiger partial charge in [-0.3, -0.25) is 9.59 Å². The Morgan fingerprint density at radius 1 is 1.10 bits per heavy atom. The third-order valence-electron chi connectivity index (χ3n) is 4.25. The number of amides is 2. The molecule has 0 aromatic heterocycles. The molecule has 0 heterocycles. The molecule has 1 atom stereocenters. The Morgan fingerprint density at radius 3 is 2.41 bits per heavy atom. The van der Waals surface area contributed by atoms with Crippen molar-refractivity contribution in [1.82, 2.24) is 10.2 Å². The highest BCUT2D eigenvalue weighted by atomic mass is 79.9. The highest BCUT2D eigenvalue weighted by molar-refractivity contribution is 9.10. The maximum absolute atomic E-state index is 13.0. The lowest BCUT2D eigenvalue weighted by Crippen LogP contribution is -2.49. The second kappa shape index (κ2) is 11.6. The van der Waals surface area contributed by atoms with Gasteiger partial charge in [0.05, 0.1) is 5.75 Å². The number of carbonyl (C=O) groups is 2. The van der Waals surface area contributed by atoms with Gasteiger partial charge >= 0.3 is 0 Å². The summed E-state index contributed by atoms with van der Waals surface area (Å²) >= 11 is 10.9. The van der Waals surface area contributed by atoms with Crippen LogP contribution in [0.4, 0.5) is 0 Å². The van der Waals surface area contributed by atoms with E-state index < -0.39 is 6.04 Å². The quantitative estimate of drug-likeness (QED) is 0.513. The molecule has 1 N–H and O–H groups in total. The molecule has 0 unspecified atom stereocenters. The lowest BCUT2D eigenvalue weighted by atomic mass is 10.1. The summed E-state index contributed by atoms with van der Waals surface area (Å²) < 4.78 is 0.943. The molecule has 4 nitrogen and oxygen atoms in total. The van der Waals surface area contributed by atoms with Gasteiger partial charge in [0.25, 0.3) is 0 Å². The van der Waals surface area contributed by atoms with Crippen molar-refractivity contribution in [3.8, 4) is 0 Å². The van der Waals surface area contributed by atoms with Crippen molar-refractivity contribution in [3.63, 3.8) is 0 Å². The number of nitrogens with one attached hydrogen (secondary N) is 1. The zero-order valence-corrected chi connectivity index (χ0v) is 20.0. The average Bonchev–Trinajstić information content (AvgIpc) is 2.66. The number of hydrogen-bond acceptors (Lipinski definition) is 3. The van der Waals surface area contributed by atoms with Gasteiger partial charge in [-0.15, -0.1) is 11.8 Å². The van der Waals surface area contributed by atoms with E-state index in [2.05, 4.69) is 21.2 Å². The van der Waals surface area contributed by atoms with Crippen molar-refractivity contribution in [2.24, 2.45) is 0 Å². The Labute approximate surface area is 190 Å². The maximum atomic E-state index is 13.0. The van der Waals surface area contributed by atoms with Gasteiger partial charge in [0.15, 0.2) is 0 Å². The predicted molar refractivity (Wildman–Crippen MR) is 125 cm³/mol. The minimum atomic E-state index is -0.556. The molecule has 0 aliphatic carbocycles. The van der Waals surface area contributed by atoms with Crippen LogP contribution >= 0.6 is 39.3 Å². The van der Waals surface area contributed by atoms with Gasteiger partial charge in [0, 0.05) is 27.8 Å². The first-order chi connectivity index (χ1) is 13.8. The SMILES string of the molecule is CC(C)NC(=O)[C@H](C)N(Cc1cccc(Br)c1)C(=O)CSCc1ccc(Cl)cc1. The van der Waals surface area contributed by atoms with E-state index in [0.717, 1.165) is 15.6 Å². The summed E-state index contributed by atoms with van der Waals surface area (Å²) in [6.07, 6.45) is 0. The predicted octanol–water partition coefficient (Wildman–Crippen LogP) is 5.28. The molecule has 0 fully saturated rings. The Balaban J connectivity index is 2.06. The van der Waals surface area contributed by atoms with Crippen LogP contribution in [0, 0.1) is 0 Å². The van der Waals surface area contributed by atoms with E-state index in [9.17, 15) is 9.59 Å². The summed E-state index contributed by atoms with van der Waals surface area (Å²) in [5.41, 5.74) is 2.08. The van der Waals surface area contributed by atoms with Crippen molar-refractivity contribution < 1.29 is 9.59 Å². The average molecular weight is 498 g/mol. The van der Waals surface area contributed by atoms with Gasteiger partial charge in [0.1, 0.15) is 6.04 Å².